The average Bonchev–Trinajstić information content (AvgIpc) is 2.21. The van der Waals surface area contributed by atoms with E-state index in [-0.39, 0.29) is 0 Å². The van der Waals surface area contributed by atoms with E-state index in [1.807, 2.05) is 19.1 Å². The zero-order valence-electron chi connectivity index (χ0n) is 8.21. The van der Waals surface area contributed by atoms with Crippen molar-refractivity contribution < 1.29 is 4.74 Å². The van der Waals surface area contributed by atoms with Gasteiger partial charge in [0.25, 0.3) is 0 Å². The van der Waals surface area contributed by atoms with E-state index in [1.165, 1.54) is 6.21 Å². The van der Waals surface area contributed by atoms with Crippen molar-refractivity contribution in [1.82, 2.24) is 0 Å². The third-order valence-electron chi connectivity index (χ3n) is 1.86. The number of anilines is 2. The van der Waals surface area contributed by atoms with Gasteiger partial charge in [0.15, 0.2) is 0 Å². The Balaban J connectivity index is 2.71. The molecule has 0 saturated carbocycles. The van der Waals surface area contributed by atoms with Crippen LogP contribution in [-0.4, -0.2) is 19.6 Å². The molecule has 0 aliphatic heterocycles. The summed E-state index contributed by atoms with van der Waals surface area (Å²) >= 11 is 0. The number of nitrogens with two attached hydrogens (primary N) is 1. The number of benzene rings is 1. The molecule has 76 valence electrons. The molecule has 0 spiro atoms. The average molecular weight is 193 g/mol. The second-order valence-electron chi connectivity index (χ2n) is 2.77. The van der Waals surface area contributed by atoms with E-state index >= 15 is 0 Å². The monoisotopic (exact) mass is 193 g/mol. The summed E-state index contributed by atoms with van der Waals surface area (Å²) in [6.45, 7) is 3.03. The first-order valence-electron chi connectivity index (χ1n) is 4.50. The Morgan fingerprint density at radius 1 is 1.57 bits per heavy atom. The maximum Gasteiger partial charge on any atom is 0.116 e. The topological polar surface area (TPSA) is 71.1 Å². The third kappa shape index (κ3) is 2.47. The van der Waals surface area contributed by atoms with Crippen LogP contribution in [0.1, 0.15) is 12.5 Å². The summed E-state index contributed by atoms with van der Waals surface area (Å²) in [5.41, 5.74) is 7.91. The quantitative estimate of drug-likeness (QED) is 0.288. The molecule has 1 aromatic carbocycles. The summed E-state index contributed by atoms with van der Waals surface area (Å²) in [5.74, 6) is 0. The van der Waals surface area contributed by atoms with Crippen LogP contribution in [0.4, 0.5) is 11.4 Å². The van der Waals surface area contributed by atoms with Gasteiger partial charge < -0.3 is 21.2 Å². The Kier molecular flexibility index (Phi) is 3.94. The molecular weight excluding hydrogens is 178 g/mol. The van der Waals surface area contributed by atoms with E-state index in [9.17, 15) is 0 Å². The molecule has 0 saturated heterocycles. The first-order chi connectivity index (χ1) is 6.79. The van der Waals surface area contributed by atoms with Gasteiger partial charge in [-0.1, -0.05) is 12.1 Å². The van der Waals surface area contributed by atoms with Crippen LogP contribution < -0.4 is 11.1 Å². The molecule has 1 rings (SSSR count). The smallest absolute Gasteiger partial charge is 0.116 e. The van der Waals surface area contributed by atoms with Crippen LogP contribution in [0.25, 0.3) is 0 Å². The molecule has 0 atom stereocenters. The maximum atomic E-state index is 7.13. The molecule has 0 fully saturated rings. The van der Waals surface area contributed by atoms with E-state index in [0.29, 0.717) is 24.6 Å². The Morgan fingerprint density at radius 2 is 2.36 bits per heavy atom. The largest absolute Gasteiger partial charge is 0.397 e. The lowest BCUT2D eigenvalue weighted by molar-refractivity contribution is 0.167. The van der Waals surface area contributed by atoms with Gasteiger partial charge >= 0.3 is 0 Å². The SMILES string of the molecule is CCOCNc1cccc(C=N)c1N. The van der Waals surface area contributed by atoms with Crippen LogP contribution in [-0.2, 0) is 4.74 Å². The fourth-order valence-electron chi connectivity index (χ4n) is 1.09. The lowest BCUT2D eigenvalue weighted by Crippen LogP contribution is -2.08. The number of nitrogen functional groups attached to an aromatic ring is 1. The Hall–Kier alpha value is -1.55. The third-order valence-corrected chi connectivity index (χ3v) is 1.86. The van der Waals surface area contributed by atoms with E-state index in [0.717, 1.165) is 5.69 Å². The molecule has 1 aromatic rings. The lowest BCUT2D eigenvalue weighted by Gasteiger charge is -2.10. The molecule has 0 bridgehead atoms. The summed E-state index contributed by atoms with van der Waals surface area (Å²) in [6.07, 6.45) is 1.24. The van der Waals surface area contributed by atoms with Gasteiger partial charge in [-0.2, -0.15) is 0 Å². The molecule has 0 aliphatic carbocycles. The van der Waals surface area contributed by atoms with Crippen LogP contribution in [0.2, 0.25) is 0 Å². The van der Waals surface area contributed by atoms with Crippen molar-refractivity contribution in [3.8, 4) is 0 Å². The van der Waals surface area contributed by atoms with Crippen molar-refractivity contribution in [2.45, 2.75) is 6.92 Å². The molecule has 0 amide bonds. The molecule has 4 heteroatoms. The number of nitrogens with one attached hydrogen (secondary N) is 2. The van der Waals surface area contributed by atoms with Gasteiger partial charge in [-0.25, -0.2) is 0 Å². The van der Waals surface area contributed by atoms with Gasteiger partial charge in [0.05, 0.1) is 11.4 Å². The minimum atomic E-state index is 0.433. The fourth-order valence-corrected chi connectivity index (χ4v) is 1.09. The first kappa shape index (κ1) is 10.5. The molecule has 4 nitrogen and oxygen atoms in total. The van der Waals surface area contributed by atoms with E-state index in [2.05, 4.69) is 5.32 Å². The first-order valence-corrected chi connectivity index (χ1v) is 4.50. The highest BCUT2D eigenvalue weighted by molar-refractivity contribution is 5.90. The Bertz CT molecular complexity index is 312. The standard InChI is InChI=1S/C10H15N3O/c1-2-14-7-13-9-5-3-4-8(6-11)10(9)12/h3-6,11,13H,2,7,12H2,1H3. The Labute approximate surface area is 83.6 Å². The highest BCUT2D eigenvalue weighted by Crippen LogP contribution is 2.20. The van der Waals surface area contributed by atoms with Crippen molar-refractivity contribution in [3.05, 3.63) is 23.8 Å². The summed E-state index contributed by atoms with van der Waals surface area (Å²) in [7, 11) is 0. The van der Waals surface area contributed by atoms with Crippen LogP contribution in [0.3, 0.4) is 0 Å². The normalized spacial score (nSPS) is 9.79. The summed E-state index contributed by atoms with van der Waals surface area (Å²) in [5, 5.41) is 10.2. The van der Waals surface area contributed by atoms with Crippen molar-refractivity contribution in [1.29, 1.82) is 5.41 Å². The van der Waals surface area contributed by atoms with E-state index in [4.69, 9.17) is 15.9 Å². The highest BCUT2D eigenvalue weighted by atomic mass is 16.5. The number of ether oxygens (including phenoxy) is 1. The molecule has 0 unspecified atom stereocenters. The number of para-hydroxylation sites is 1. The lowest BCUT2D eigenvalue weighted by atomic mass is 10.1. The second-order valence-corrected chi connectivity index (χ2v) is 2.77. The summed E-state index contributed by atoms with van der Waals surface area (Å²) in [6, 6.07) is 5.51. The molecular formula is C10H15N3O. The second kappa shape index (κ2) is 5.24. The van der Waals surface area contributed by atoms with Crippen LogP contribution >= 0.6 is 0 Å². The molecule has 0 radical (unpaired) electrons. The number of hydrogen-bond donors (Lipinski definition) is 3. The molecule has 0 aromatic heterocycles. The van der Waals surface area contributed by atoms with Gasteiger partial charge in [-0.05, 0) is 13.0 Å². The Morgan fingerprint density at radius 3 is 3.00 bits per heavy atom. The van der Waals surface area contributed by atoms with Crippen LogP contribution in [0.5, 0.6) is 0 Å². The van der Waals surface area contributed by atoms with Gasteiger partial charge in [-0.15, -0.1) is 0 Å². The van der Waals surface area contributed by atoms with Gasteiger partial charge in [0.2, 0.25) is 0 Å². The van der Waals surface area contributed by atoms with E-state index < -0.39 is 0 Å². The number of rotatable bonds is 5. The zero-order valence-corrected chi connectivity index (χ0v) is 8.21. The molecule has 0 aliphatic rings. The van der Waals surface area contributed by atoms with Crippen molar-refractivity contribution in [3.63, 3.8) is 0 Å². The molecule has 14 heavy (non-hydrogen) atoms. The minimum absolute atomic E-state index is 0.433. The highest BCUT2D eigenvalue weighted by Gasteiger charge is 2.01. The fraction of sp³-hybridized carbons (Fsp3) is 0.300. The van der Waals surface area contributed by atoms with Crippen molar-refractivity contribution >= 4 is 17.6 Å². The van der Waals surface area contributed by atoms with Crippen molar-refractivity contribution in [2.24, 2.45) is 0 Å². The van der Waals surface area contributed by atoms with Gasteiger partial charge in [0.1, 0.15) is 6.73 Å². The zero-order chi connectivity index (χ0) is 10.4. The van der Waals surface area contributed by atoms with Crippen molar-refractivity contribution in [2.75, 3.05) is 24.4 Å². The van der Waals surface area contributed by atoms with Gasteiger partial charge in [0, 0.05) is 18.4 Å². The summed E-state index contributed by atoms with van der Waals surface area (Å²) < 4.78 is 5.14. The predicted molar refractivity (Wildman–Crippen MR) is 58.9 cm³/mol. The van der Waals surface area contributed by atoms with Gasteiger partial charge in [-0.3, -0.25) is 0 Å². The van der Waals surface area contributed by atoms with Crippen LogP contribution in [0.15, 0.2) is 18.2 Å². The maximum absolute atomic E-state index is 7.13. The number of hydrogen-bond acceptors (Lipinski definition) is 4. The summed E-state index contributed by atoms with van der Waals surface area (Å²) in [4.78, 5) is 0. The molecule has 4 N–H and O–H groups in total. The van der Waals surface area contributed by atoms with Crippen LogP contribution in [0, 0.1) is 5.41 Å². The predicted octanol–water partition coefficient (Wildman–Crippen LogP) is 1.67. The van der Waals surface area contributed by atoms with E-state index in [1.54, 1.807) is 6.07 Å². The minimum Gasteiger partial charge on any atom is -0.397 e. The molecule has 0 heterocycles.